The number of rotatable bonds is 4. The van der Waals surface area contributed by atoms with E-state index in [1.807, 2.05) is 62.2 Å². The molecular formula is C29H38N8O3. The van der Waals surface area contributed by atoms with Gasteiger partial charge in [0.2, 0.25) is 17.7 Å². The molecule has 40 heavy (non-hydrogen) atoms. The number of hydrogen-bond donors (Lipinski definition) is 2. The highest BCUT2D eigenvalue weighted by Gasteiger charge is 2.44. The van der Waals surface area contributed by atoms with Crippen molar-refractivity contribution in [3.05, 3.63) is 64.7 Å². The molecule has 2 bridgehead atoms. The Kier molecular flexibility index (Phi) is 7.99. The highest BCUT2D eigenvalue weighted by molar-refractivity contribution is 5.90. The number of aromatic nitrogens is 5. The first-order chi connectivity index (χ1) is 19.2. The van der Waals surface area contributed by atoms with Crippen molar-refractivity contribution >= 4 is 17.7 Å². The highest BCUT2D eigenvalue weighted by Crippen LogP contribution is 2.36. The molecule has 11 nitrogen and oxygen atoms in total. The molecule has 2 aromatic heterocycles. The number of benzene rings is 1. The quantitative estimate of drug-likeness (QED) is 0.511. The van der Waals surface area contributed by atoms with Gasteiger partial charge in [0.1, 0.15) is 12.6 Å². The Morgan fingerprint density at radius 1 is 1.07 bits per heavy atom. The number of nitrogens with zero attached hydrogens (tertiary/aromatic N) is 6. The lowest BCUT2D eigenvalue weighted by molar-refractivity contribution is -0.142. The van der Waals surface area contributed by atoms with Gasteiger partial charge >= 0.3 is 0 Å². The molecule has 212 valence electrons. The summed E-state index contributed by atoms with van der Waals surface area (Å²) < 4.78 is 3.52. The molecule has 1 aromatic carbocycles. The van der Waals surface area contributed by atoms with Gasteiger partial charge in [0.25, 0.3) is 0 Å². The second kappa shape index (κ2) is 11.6. The standard InChI is InChI=1S/C29H38N8O3/c1-20-21(2)33-37(22(20)3)19-26(38)35-14-10-29(11-15-35)17-24-18-36(34-32-24)13-7-12-30-27(39)25(31-28(29)40)16-23-8-5-4-6-9-23/h4-6,8-9,18,25H,7,10-17,19H2,1-3H3,(H,30,39)(H,31,40)/t25-/m0/s1. The molecule has 11 heteroatoms. The Morgan fingerprint density at radius 3 is 2.52 bits per heavy atom. The zero-order chi connectivity index (χ0) is 28.3. The summed E-state index contributed by atoms with van der Waals surface area (Å²) in [5.74, 6) is -0.394. The predicted molar refractivity (Wildman–Crippen MR) is 148 cm³/mol. The van der Waals surface area contributed by atoms with Crippen LogP contribution in [0.25, 0.3) is 0 Å². The number of carbonyl (C=O) groups excluding carboxylic acids is 3. The van der Waals surface area contributed by atoms with Crippen molar-refractivity contribution < 1.29 is 14.4 Å². The van der Waals surface area contributed by atoms with Gasteiger partial charge in [0.05, 0.1) is 16.8 Å². The summed E-state index contributed by atoms with van der Waals surface area (Å²) in [6, 6.07) is 9.01. The van der Waals surface area contributed by atoms with E-state index in [1.54, 1.807) is 9.36 Å². The van der Waals surface area contributed by atoms with Gasteiger partial charge in [-0.1, -0.05) is 35.5 Å². The number of nitrogens with one attached hydrogen (secondary N) is 2. The van der Waals surface area contributed by atoms with E-state index in [9.17, 15) is 14.4 Å². The van der Waals surface area contributed by atoms with E-state index < -0.39 is 11.5 Å². The van der Waals surface area contributed by atoms with Crippen LogP contribution in [-0.2, 0) is 40.3 Å². The van der Waals surface area contributed by atoms with Crippen LogP contribution in [-0.4, -0.2) is 73.1 Å². The number of carbonyl (C=O) groups is 3. The van der Waals surface area contributed by atoms with Crippen LogP contribution in [0, 0.1) is 26.2 Å². The lowest BCUT2D eigenvalue weighted by Crippen LogP contribution is -2.56. The molecule has 0 unspecified atom stereocenters. The van der Waals surface area contributed by atoms with E-state index in [2.05, 4.69) is 26.0 Å². The topological polar surface area (TPSA) is 127 Å². The summed E-state index contributed by atoms with van der Waals surface area (Å²) in [7, 11) is 0. The Balaban J connectivity index is 1.35. The Morgan fingerprint density at radius 2 is 1.82 bits per heavy atom. The maximum atomic E-state index is 14.0. The van der Waals surface area contributed by atoms with Crippen LogP contribution in [0.15, 0.2) is 36.5 Å². The minimum absolute atomic E-state index is 0.0159. The molecule has 1 fully saturated rings. The fourth-order valence-electron chi connectivity index (χ4n) is 5.66. The molecule has 0 saturated carbocycles. The van der Waals surface area contributed by atoms with Crippen molar-refractivity contribution in [1.82, 2.24) is 40.3 Å². The third kappa shape index (κ3) is 5.93. The average molecular weight is 547 g/mol. The maximum absolute atomic E-state index is 14.0. The monoisotopic (exact) mass is 546 g/mol. The van der Waals surface area contributed by atoms with E-state index in [-0.39, 0.29) is 24.3 Å². The number of piperidine rings is 1. The molecule has 1 atom stereocenters. The summed E-state index contributed by atoms with van der Waals surface area (Å²) in [6.45, 7) is 8.08. The molecule has 2 aliphatic rings. The minimum Gasteiger partial charge on any atom is -0.354 e. The van der Waals surface area contributed by atoms with Gasteiger partial charge in [-0.2, -0.15) is 5.10 Å². The number of likely N-dealkylation sites (tertiary alicyclic amines) is 1. The van der Waals surface area contributed by atoms with E-state index in [4.69, 9.17) is 0 Å². The summed E-state index contributed by atoms with van der Waals surface area (Å²) in [5, 5.41) is 19.2. The number of fused-ring (bicyclic) bond motifs is 2. The Bertz CT molecular complexity index is 1370. The summed E-state index contributed by atoms with van der Waals surface area (Å²) in [6.07, 6.45) is 4.32. The number of amides is 3. The smallest absolute Gasteiger partial charge is 0.244 e. The van der Waals surface area contributed by atoms with Crippen LogP contribution in [0.3, 0.4) is 0 Å². The van der Waals surface area contributed by atoms with Crippen molar-refractivity contribution in [3.63, 3.8) is 0 Å². The molecular weight excluding hydrogens is 508 g/mol. The molecule has 3 amide bonds. The van der Waals surface area contributed by atoms with Gasteiger partial charge < -0.3 is 15.5 Å². The average Bonchev–Trinajstić information content (AvgIpc) is 3.49. The van der Waals surface area contributed by atoms with Crippen molar-refractivity contribution in [1.29, 1.82) is 0 Å². The molecule has 0 aliphatic carbocycles. The van der Waals surface area contributed by atoms with E-state index in [0.717, 1.165) is 28.2 Å². The SMILES string of the molecule is Cc1nn(CC(=O)N2CCC3(CC2)Cc2cn(nn2)CCCNC(=O)[C@H](Cc2ccccc2)NC3=O)c(C)c1C. The molecule has 0 radical (unpaired) electrons. The fourth-order valence-corrected chi connectivity index (χ4v) is 5.66. The second-order valence-corrected chi connectivity index (χ2v) is 11.1. The molecule has 2 N–H and O–H groups in total. The van der Waals surface area contributed by atoms with Gasteiger partial charge in [-0.25, -0.2) is 0 Å². The van der Waals surface area contributed by atoms with E-state index in [0.29, 0.717) is 58.3 Å². The molecule has 4 heterocycles. The largest absolute Gasteiger partial charge is 0.354 e. The molecule has 1 saturated heterocycles. The van der Waals surface area contributed by atoms with Crippen LogP contribution in [0.1, 0.15) is 47.5 Å². The van der Waals surface area contributed by atoms with Crippen LogP contribution < -0.4 is 10.6 Å². The zero-order valence-corrected chi connectivity index (χ0v) is 23.5. The predicted octanol–water partition coefficient (Wildman–Crippen LogP) is 1.50. The van der Waals surface area contributed by atoms with Crippen molar-refractivity contribution in [2.45, 2.75) is 72.0 Å². The lowest BCUT2D eigenvalue weighted by Gasteiger charge is -2.41. The van der Waals surface area contributed by atoms with Crippen molar-refractivity contribution in [3.8, 4) is 0 Å². The van der Waals surface area contributed by atoms with Crippen LogP contribution >= 0.6 is 0 Å². The highest BCUT2D eigenvalue weighted by atomic mass is 16.2. The van der Waals surface area contributed by atoms with Gasteiger partial charge in [0, 0.05) is 50.9 Å². The Hall–Kier alpha value is -4.02. The summed E-state index contributed by atoms with van der Waals surface area (Å²) in [5.41, 5.74) is 3.91. The van der Waals surface area contributed by atoms with E-state index >= 15 is 0 Å². The van der Waals surface area contributed by atoms with Gasteiger partial charge in [-0.15, -0.1) is 5.10 Å². The minimum atomic E-state index is -0.810. The van der Waals surface area contributed by atoms with E-state index in [1.165, 1.54) is 0 Å². The second-order valence-electron chi connectivity index (χ2n) is 11.1. The van der Waals surface area contributed by atoms with Gasteiger partial charge in [-0.05, 0) is 51.2 Å². The first kappa shape index (κ1) is 27.5. The van der Waals surface area contributed by atoms with Crippen LogP contribution in [0.5, 0.6) is 0 Å². The Labute approximate surface area is 234 Å². The molecule has 5 rings (SSSR count). The van der Waals surface area contributed by atoms with Crippen LogP contribution in [0.2, 0.25) is 0 Å². The maximum Gasteiger partial charge on any atom is 0.244 e. The van der Waals surface area contributed by atoms with Crippen molar-refractivity contribution in [2.24, 2.45) is 5.41 Å². The molecule has 2 aliphatic heterocycles. The number of hydrogen-bond acceptors (Lipinski definition) is 6. The zero-order valence-electron chi connectivity index (χ0n) is 23.5. The summed E-state index contributed by atoms with van der Waals surface area (Å²) in [4.78, 5) is 42.3. The fraction of sp³-hybridized carbons (Fsp3) is 0.517. The summed E-state index contributed by atoms with van der Waals surface area (Å²) >= 11 is 0. The lowest BCUT2D eigenvalue weighted by atomic mass is 9.73. The molecule has 1 spiro atoms. The normalized spacial score (nSPS) is 19.8. The third-order valence-electron chi connectivity index (χ3n) is 8.46. The van der Waals surface area contributed by atoms with Gasteiger partial charge in [-0.3, -0.25) is 23.7 Å². The third-order valence-corrected chi connectivity index (χ3v) is 8.46. The number of aryl methyl sites for hydroxylation is 2. The van der Waals surface area contributed by atoms with Crippen molar-refractivity contribution in [2.75, 3.05) is 19.6 Å². The first-order valence-corrected chi connectivity index (χ1v) is 14.0. The van der Waals surface area contributed by atoms with Gasteiger partial charge in [0.15, 0.2) is 0 Å². The first-order valence-electron chi connectivity index (χ1n) is 14.0. The molecule has 3 aromatic rings. The van der Waals surface area contributed by atoms with Crippen LogP contribution in [0.4, 0.5) is 0 Å².